The van der Waals surface area contributed by atoms with Crippen molar-refractivity contribution in [1.29, 1.82) is 0 Å². The van der Waals surface area contributed by atoms with E-state index in [1.54, 1.807) is 12.4 Å². The molecule has 0 spiro atoms. The van der Waals surface area contributed by atoms with Crippen LogP contribution in [0.2, 0.25) is 0 Å². The Balaban J connectivity index is 2.32. The van der Waals surface area contributed by atoms with E-state index in [2.05, 4.69) is 16.0 Å². The third-order valence-corrected chi connectivity index (χ3v) is 4.62. The molecule has 0 unspecified atom stereocenters. The zero-order valence-electron chi connectivity index (χ0n) is 10.8. The molecule has 3 aromatic rings. The topological polar surface area (TPSA) is 45.8 Å². The quantitative estimate of drug-likeness (QED) is 0.613. The fourth-order valence-electron chi connectivity index (χ4n) is 2.26. The Morgan fingerprint density at radius 3 is 2.35 bits per heavy atom. The van der Waals surface area contributed by atoms with Gasteiger partial charge in [-0.05, 0) is 0 Å². The van der Waals surface area contributed by atoms with E-state index in [0.29, 0.717) is 26.1 Å². The zero-order chi connectivity index (χ0) is 13.9. The number of hydrogen-bond donors (Lipinski definition) is 1. The van der Waals surface area contributed by atoms with Gasteiger partial charge in [-0.1, -0.05) is 0 Å². The molecule has 93 valence electrons. The molecular formula is C16H11HgN2O. The van der Waals surface area contributed by atoms with Crippen LogP contribution in [0.3, 0.4) is 0 Å². The Morgan fingerprint density at radius 2 is 1.65 bits per heavy atom. The van der Waals surface area contributed by atoms with Crippen LogP contribution >= 0.6 is 0 Å². The Bertz CT molecular complexity index is 783. The maximum absolute atomic E-state index is 12.4. The average molecular weight is 448 g/mol. The molecule has 20 heavy (non-hydrogen) atoms. The molecule has 1 N–H and O–H groups in total. The number of pyridine rings is 2. The van der Waals surface area contributed by atoms with Crippen molar-refractivity contribution >= 4 is 3.20 Å². The average Bonchev–Trinajstić information content (AvgIpc) is 2.48. The number of aromatic amines is 1. The van der Waals surface area contributed by atoms with E-state index in [4.69, 9.17) is 0 Å². The van der Waals surface area contributed by atoms with Gasteiger partial charge in [0.2, 0.25) is 0 Å². The first-order valence-corrected chi connectivity index (χ1v) is 9.05. The van der Waals surface area contributed by atoms with Gasteiger partial charge >= 0.3 is 133 Å². The van der Waals surface area contributed by atoms with Gasteiger partial charge in [0.25, 0.3) is 0 Å². The summed E-state index contributed by atoms with van der Waals surface area (Å²) in [5.74, 6) is 0. The number of nitrogens with one attached hydrogen (secondary N) is 1. The van der Waals surface area contributed by atoms with Gasteiger partial charge in [-0.25, -0.2) is 0 Å². The van der Waals surface area contributed by atoms with Crippen LogP contribution in [0.1, 0.15) is 0 Å². The first-order chi connectivity index (χ1) is 9.75. The second-order valence-corrected chi connectivity index (χ2v) is 7.48. The maximum atomic E-state index is 12.4. The molecule has 0 atom stereocenters. The first kappa shape index (κ1) is 13.2. The Labute approximate surface area is 132 Å². The predicted octanol–water partition coefficient (Wildman–Crippen LogP) is 2.28. The van der Waals surface area contributed by atoms with Gasteiger partial charge in [0.1, 0.15) is 0 Å². The van der Waals surface area contributed by atoms with E-state index >= 15 is 0 Å². The van der Waals surface area contributed by atoms with Gasteiger partial charge in [0, 0.05) is 0 Å². The van der Waals surface area contributed by atoms with E-state index in [0.717, 1.165) is 25.5 Å². The second kappa shape index (κ2) is 5.71. The summed E-state index contributed by atoms with van der Waals surface area (Å²) in [6.07, 6.45) is 3.51. The van der Waals surface area contributed by atoms with E-state index in [1.165, 1.54) is 0 Å². The number of aromatic nitrogens is 2. The van der Waals surface area contributed by atoms with Crippen molar-refractivity contribution in [2.75, 3.05) is 0 Å². The molecule has 2 aromatic heterocycles. The number of hydrogen-bond acceptors (Lipinski definition) is 2. The Hall–Kier alpha value is -1.74. The molecule has 0 aliphatic carbocycles. The standard InChI is InChI=1S/C16H11N2O.Hg/c19-16-15(13-4-2-1-3-5-13)14(8-11-18-16)12-6-9-17-10-7-12;/h1-10H,(H,18,19);. The van der Waals surface area contributed by atoms with Gasteiger partial charge in [0.15, 0.2) is 0 Å². The summed E-state index contributed by atoms with van der Waals surface area (Å²) in [6, 6.07) is 15.7. The molecule has 0 saturated carbocycles. The van der Waals surface area contributed by atoms with Crippen LogP contribution in [-0.2, 0) is 26.1 Å². The van der Waals surface area contributed by atoms with Crippen molar-refractivity contribution in [1.82, 2.24) is 9.97 Å². The molecule has 0 amide bonds. The molecular weight excluding hydrogens is 437 g/mol. The van der Waals surface area contributed by atoms with Crippen LogP contribution < -0.4 is 8.76 Å². The molecule has 0 aliphatic rings. The summed E-state index contributed by atoms with van der Waals surface area (Å²) < 4.78 is 1.04. The molecule has 2 heterocycles. The summed E-state index contributed by atoms with van der Waals surface area (Å²) in [5.41, 5.74) is 3.65. The predicted molar refractivity (Wildman–Crippen MR) is 75.4 cm³/mol. The van der Waals surface area contributed by atoms with Crippen molar-refractivity contribution in [2.24, 2.45) is 0 Å². The van der Waals surface area contributed by atoms with Crippen LogP contribution in [0.25, 0.3) is 22.3 Å². The minimum atomic E-state index is -0.0180. The van der Waals surface area contributed by atoms with Gasteiger partial charge in [-0.2, -0.15) is 0 Å². The minimum absolute atomic E-state index is 0.0180. The summed E-state index contributed by atoms with van der Waals surface area (Å²) >= 11 is 0.380. The van der Waals surface area contributed by atoms with E-state index in [9.17, 15) is 4.79 Å². The third-order valence-electron chi connectivity index (χ3n) is 3.14. The van der Waals surface area contributed by atoms with Crippen LogP contribution in [0.4, 0.5) is 0 Å². The van der Waals surface area contributed by atoms with E-state index < -0.39 is 0 Å². The molecule has 1 aromatic carbocycles. The fraction of sp³-hybridized carbons (Fsp3) is 0. The second-order valence-electron chi connectivity index (χ2n) is 4.51. The normalized spacial score (nSPS) is 10.5. The molecule has 0 radical (unpaired) electrons. The fourth-order valence-corrected chi connectivity index (χ4v) is 3.68. The molecule has 0 bridgehead atoms. The third kappa shape index (κ3) is 2.58. The van der Waals surface area contributed by atoms with Crippen molar-refractivity contribution in [3.05, 3.63) is 71.3 Å². The molecule has 3 nitrogen and oxygen atoms in total. The first-order valence-electron chi connectivity index (χ1n) is 6.31. The van der Waals surface area contributed by atoms with Gasteiger partial charge < -0.3 is 0 Å². The number of H-pyrrole nitrogens is 1. The number of benzene rings is 1. The zero-order valence-corrected chi connectivity index (χ0v) is 16.3. The van der Waals surface area contributed by atoms with E-state index in [-0.39, 0.29) is 5.56 Å². The SMILES string of the molecule is O=c1[nH][c]([Hg])cc(-c2ccncc2)c1-c1ccccc1. The summed E-state index contributed by atoms with van der Waals surface area (Å²) in [6.45, 7) is 0. The molecule has 4 heteroatoms. The van der Waals surface area contributed by atoms with Crippen molar-refractivity contribution in [2.45, 2.75) is 0 Å². The summed E-state index contributed by atoms with van der Waals surface area (Å²) in [7, 11) is 0. The van der Waals surface area contributed by atoms with Crippen LogP contribution in [0, 0.1) is 0 Å². The number of rotatable bonds is 2. The Morgan fingerprint density at radius 1 is 0.950 bits per heavy atom. The monoisotopic (exact) mass is 449 g/mol. The van der Waals surface area contributed by atoms with Crippen molar-refractivity contribution in [3.63, 3.8) is 0 Å². The molecule has 0 saturated heterocycles. The molecule has 0 fully saturated rings. The van der Waals surface area contributed by atoms with Crippen LogP contribution in [0.15, 0.2) is 65.7 Å². The van der Waals surface area contributed by atoms with Gasteiger partial charge in [-0.15, -0.1) is 0 Å². The molecule has 0 aliphatic heterocycles. The number of nitrogens with zero attached hydrogens (tertiary/aromatic N) is 1. The molecule has 3 rings (SSSR count). The van der Waals surface area contributed by atoms with Gasteiger partial charge in [0.05, 0.1) is 0 Å². The van der Waals surface area contributed by atoms with Crippen LogP contribution in [-0.4, -0.2) is 9.97 Å². The summed E-state index contributed by atoms with van der Waals surface area (Å²) in [4.78, 5) is 19.4. The van der Waals surface area contributed by atoms with E-state index in [1.807, 2.05) is 42.5 Å². The van der Waals surface area contributed by atoms with Crippen molar-refractivity contribution < 1.29 is 26.1 Å². The Kier molecular flexibility index (Phi) is 3.78. The van der Waals surface area contributed by atoms with Crippen LogP contribution in [0.5, 0.6) is 0 Å². The summed E-state index contributed by atoms with van der Waals surface area (Å²) in [5, 5.41) is 0. The van der Waals surface area contributed by atoms with Crippen molar-refractivity contribution in [3.8, 4) is 22.3 Å². The van der Waals surface area contributed by atoms with Gasteiger partial charge in [-0.3, -0.25) is 0 Å².